The van der Waals surface area contributed by atoms with E-state index in [2.05, 4.69) is 92.7 Å². The number of aryl methyl sites for hydroxylation is 2. The number of carbonyl (C=O) groups excluding carboxylic acids is 2. The molecular weight excluding hydrogens is 638 g/mol. The smallest absolute Gasteiger partial charge is 0.175 e. The molecule has 0 saturated carbocycles. The molecule has 0 aromatic heterocycles. The van der Waals surface area contributed by atoms with Crippen molar-refractivity contribution in [2.45, 2.75) is 86.3 Å². The lowest BCUT2D eigenvalue weighted by molar-refractivity contribution is -0.119. The molecule has 0 fully saturated rings. The van der Waals surface area contributed by atoms with E-state index in [1.54, 1.807) is 7.11 Å². The second-order valence-electron chi connectivity index (χ2n) is 14.8. The van der Waals surface area contributed by atoms with Crippen LogP contribution in [0.4, 0.5) is 0 Å². The van der Waals surface area contributed by atoms with Crippen molar-refractivity contribution >= 4 is 27.5 Å². The molecule has 0 radical (unpaired) electrons. The van der Waals surface area contributed by atoms with Gasteiger partial charge in [0.25, 0.3) is 0 Å². The van der Waals surface area contributed by atoms with Crippen LogP contribution < -0.4 is 9.47 Å². The zero-order chi connectivity index (χ0) is 33.0. The number of Topliss-reactive ketones (excluding diaryl/α,β-unsaturated/α-hetero) is 2. The van der Waals surface area contributed by atoms with Crippen LogP contribution in [0.25, 0.3) is 0 Å². The largest absolute Gasteiger partial charge is 0.493 e. The minimum absolute atomic E-state index is 0.114. The fraction of sp³-hybridized carbons (Fsp3) is 0.400. The summed E-state index contributed by atoms with van der Waals surface area (Å²) in [4.78, 5) is 30.9. The molecule has 3 aromatic rings. The number of allylic oxidation sites excluding steroid dienone is 4. The van der Waals surface area contributed by atoms with Crippen molar-refractivity contribution in [1.82, 2.24) is 4.90 Å². The van der Waals surface area contributed by atoms with Gasteiger partial charge in [0.2, 0.25) is 0 Å². The maximum atomic E-state index is 14.3. The Hall–Kier alpha value is -3.64. The van der Waals surface area contributed by atoms with Crippen LogP contribution in [0.5, 0.6) is 11.5 Å². The molecule has 6 heteroatoms. The Morgan fingerprint density at radius 1 is 0.783 bits per heavy atom. The molecule has 3 aromatic carbocycles. The number of benzene rings is 3. The molecule has 46 heavy (non-hydrogen) atoms. The molecule has 0 N–H and O–H groups in total. The predicted octanol–water partition coefficient (Wildman–Crippen LogP) is 9.54. The SMILES string of the molecule is COc1cc(C2C3=C(CC(C)(C)CC3=O)N(Cc3ccccc3)C3=C2C(=O)CC(C)(C)C3)cc(Br)c1OCc1ccc(C)c(C)c1. The lowest BCUT2D eigenvalue weighted by atomic mass is 9.63. The third-order valence-electron chi connectivity index (χ3n) is 9.74. The van der Waals surface area contributed by atoms with Gasteiger partial charge in [-0.2, -0.15) is 0 Å². The summed E-state index contributed by atoms with van der Waals surface area (Å²) in [6, 6.07) is 20.7. The Kier molecular flexibility index (Phi) is 8.56. The first-order chi connectivity index (χ1) is 21.8. The highest BCUT2D eigenvalue weighted by molar-refractivity contribution is 9.10. The van der Waals surface area contributed by atoms with E-state index in [0.717, 1.165) is 56.5 Å². The number of halogens is 1. The third-order valence-corrected chi connectivity index (χ3v) is 10.3. The number of ether oxygens (including phenoxy) is 2. The van der Waals surface area contributed by atoms with E-state index in [-0.39, 0.29) is 22.4 Å². The predicted molar refractivity (Wildman–Crippen MR) is 186 cm³/mol. The average Bonchev–Trinajstić information content (AvgIpc) is 2.98. The zero-order valence-corrected chi connectivity index (χ0v) is 29.6. The first kappa shape index (κ1) is 32.3. The summed E-state index contributed by atoms with van der Waals surface area (Å²) in [5.74, 6) is 0.925. The van der Waals surface area contributed by atoms with Gasteiger partial charge in [-0.15, -0.1) is 0 Å². The van der Waals surface area contributed by atoms with Crippen LogP contribution in [0.3, 0.4) is 0 Å². The number of ketones is 2. The minimum atomic E-state index is -0.469. The number of hydrogen-bond acceptors (Lipinski definition) is 5. The van der Waals surface area contributed by atoms with Gasteiger partial charge in [-0.25, -0.2) is 0 Å². The van der Waals surface area contributed by atoms with Gasteiger partial charge in [0.05, 0.1) is 11.6 Å². The molecule has 2 aliphatic carbocycles. The van der Waals surface area contributed by atoms with Crippen molar-refractivity contribution < 1.29 is 19.1 Å². The number of nitrogens with zero attached hydrogens (tertiary/aromatic N) is 1. The van der Waals surface area contributed by atoms with Gasteiger partial charge in [0, 0.05) is 47.8 Å². The van der Waals surface area contributed by atoms with Crippen LogP contribution in [0.15, 0.2) is 87.7 Å². The van der Waals surface area contributed by atoms with Gasteiger partial charge in [-0.05, 0) is 93.4 Å². The Morgan fingerprint density at radius 3 is 1.96 bits per heavy atom. The maximum Gasteiger partial charge on any atom is 0.175 e. The molecular formula is C40H44BrNO4. The number of carbonyl (C=O) groups is 2. The molecule has 5 nitrogen and oxygen atoms in total. The zero-order valence-electron chi connectivity index (χ0n) is 28.1. The first-order valence-corrected chi connectivity index (χ1v) is 17.0. The molecule has 240 valence electrons. The summed E-state index contributed by atoms with van der Waals surface area (Å²) in [6.45, 7) is 13.9. The Balaban J connectivity index is 1.49. The van der Waals surface area contributed by atoms with E-state index in [1.165, 1.54) is 11.1 Å². The van der Waals surface area contributed by atoms with Gasteiger partial charge >= 0.3 is 0 Å². The monoisotopic (exact) mass is 681 g/mol. The normalized spacial score (nSPS) is 19.3. The molecule has 3 aliphatic rings. The summed E-state index contributed by atoms with van der Waals surface area (Å²) in [6.07, 6.45) is 2.41. The average molecular weight is 683 g/mol. The number of methoxy groups -OCH3 is 1. The Labute approximate surface area is 281 Å². The molecule has 1 heterocycles. The molecule has 0 bridgehead atoms. The molecule has 0 amide bonds. The maximum absolute atomic E-state index is 14.3. The van der Waals surface area contributed by atoms with Crippen molar-refractivity contribution in [3.63, 3.8) is 0 Å². The standard InChI is InChI=1S/C40H44BrNO4/c1-24-13-14-27(15-25(24)2)23-46-38-29(41)16-28(17-34(38)45-7)35-36-30(18-39(3,4)20-32(36)43)42(22-26-11-9-8-10-12-26)31-19-40(5,6)21-33(44)37(31)35/h8-17,35H,18-23H2,1-7H3. The Morgan fingerprint density at radius 2 is 1.39 bits per heavy atom. The van der Waals surface area contributed by atoms with Crippen LogP contribution in [0.2, 0.25) is 0 Å². The summed E-state index contributed by atoms with van der Waals surface area (Å²) >= 11 is 3.79. The Bertz CT molecular complexity index is 1730. The lowest BCUT2D eigenvalue weighted by Crippen LogP contribution is -2.44. The van der Waals surface area contributed by atoms with E-state index in [0.29, 0.717) is 37.5 Å². The van der Waals surface area contributed by atoms with Gasteiger partial charge < -0.3 is 14.4 Å². The molecule has 0 atom stereocenters. The molecule has 6 rings (SSSR count). The van der Waals surface area contributed by atoms with Crippen molar-refractivity contribution in [2.24, 2.45) is 10.8 Å². The van der Waals surface area contributed by atoms with E-state index < -0.39 is 5.92 Å². The van der Waals surface area contributed by atoms with E-state index in [9.17, 15) is 9.59 Å². The van der Waals surface area contributed by atoms with Gasteiger partial charge in [-0.1, -0.05) is 76.2 Å². The topological polar surface area (TPSA) is 55.8 Å². The van der Waals surface area contributed by atoms with Crippen molar-refractivity contribution in [3.05, 3.63) is 115 Å². The highest BCUT2D eigenvalue weighted by Gasteiger charge is 2.49. The second kappa shape index (κ2) is 12.2. The second-order valence-corrected chi connectivity index (χ2v) is 15.7. The van der Waals surface area contributed by atoms with Gasteiger partial charge in [0.1, 0.15) is 6.61 Å². The first-order valence-electron chi connectivity index (χ1n) is 16.2. The van der Waals surface area contributed by atoms with Gasteiger partial charge in [-0.3, -0.25) is 9.59 Å². The number of hydrogen-bond donors (Lipinski definition) is 0. The summed E-state index contributed by atoms with van der Waals surface area (Å²) in [7, 11) is 1.63. The fourth-order valence-corrected chi connectivity index (χ4v) is 8.01. The molecule has 0 spiro atoms. The fourth-order valence-electron chi connectivity index (χ4n) is 7.43. The van der Waals surface area contributed by atoms with Crippen LogP contribution >= 0.6 is 15.9 Å². The van der Waals surface area contributed by atoms with Crippen LogP contribution in [-0.2, 0) is 22.7 Å². The summed E-state index contributed by atoms with van der Waals surface area (Å²) in [5.41, 5.74) is 8.76. The summed E-state index contributed by atoms with van der Waals surface area (Å²) in [5, 5.41) is 0. The third kappa shape index (κ3) is 6.21. The number of rotatable bonds is 7. The van der Waals surface area contributed by atoms with Crippen molar-refractivity contribution in [2.75, 3.05) is 7.11 Å². The summed E-state index contributed by atoms with van der Waals surface area (Å²) < 4.78 is 13.0. The highest BCUT2D eigenvalue weighted by atomic mass is 79.9. The van der Waals surface area contributed by atoms with Crippen molar-refractivity contribution in [1.29, 1.82) is 0 Å². The quantitative estimate of drug-likeness (QED) is 0.249. The van der Waals surface area contributed by atoms with Crippen LogP contribution in [-0.4, -0.2) is 23.6 Å². The van der Waals surface area contributed by atoms with Crippen LogP contribution in [0, 0.1) is 24.7 Å². The lowest BCUT2D eigenvalue weighted by Gasteiger charge is -2.49. The van der Waals surface area contributed by atoms with E-state index >= 15 is 0 Å². The van der Waals surface area contributed by atoms with Gasteiger partial charge in [0.15, 0.2) is 23.1 Å². The van der Waals surface area contributed by atoms with E-state index in [1.807, 2.05) is 30.3 Å². The highest BCUT2D eigenvalue weighted by Crippen LogP contribution is 2.55. The minimum Gasteiger partial charge on any atom is -0.493 e. The molecule has 1 aliphatic heterocycles. The molecule has 0 saturated heterocycles. The van der Waals surface area contributed by atoms with E-state index in [4.69, 9.17) is 9.47 Å². The molecule has 0 unspecified atom stereocenters. The van der Waals surface area contributed by atoms with Crippen LogP contribution in [0.1, 0.15) is 87.1 Å². The van der Waals surface area contributed by atoms with Crippen molar-refractivity contribution in [3.8, 4) is 11.5 Å².